The van der Waals surface area contributed by atoms with E-state index < -0.39 is 21.7 Å². The number of sulfonamides is 1. The van der Waals surface area contributed by atoms with Crippen molar-refractivity contribution in [2.75, 3.05) is 18.4 Å². The molecule has 0 saturated heterocycles. The van der Waals surface area contributed by atoms with Crippen LogP contribution in [0.15, 0.2) is 47.4 Å². The van der Waals surface area contributed by atoms with Gasteiger partial charge in [0.15, 0.2) is 0 Å². The number of aryl methyl sites for hydroxylation is 1. The van der Waals surface area contributed by atoms with Gasteiger partial charge in [-0.15, -0.1) is 0 Å². The maximum Gasteiger partial charge on any atom is 0.305 e. The Balaban J connectivity index is 2.07. The number of hydrogen-bond donors (Lipinski definition) is 2. The molecule has 2 rings (SSSR count). The van der Waals surface area contributed by atoms with Gasteiger partial charge < -0.3 is 10.1 Å². The topological polar surface area (TPSA) is 102 Å². The zero-order chi connectivity index (χ0) is 21.4. The van der Waals surface area contributed by atoms with E-state index in [1.54, 1.807) is 6.92 Å². The van der Waals surface area contributed by atoms with E-state index in [0.29, 0.717) is 24.9 Å². The molecular weight excluding hydrogens is 399 g/mol. The number of carbonyl (C=O) groups is 2. The summed E-state index contributed by atoms with van der Waals surface area (Å²) >= 11 is 0. The molecule has 0 fully saturated rings. The molecule has 0 heterocycles. The number of ether oxygens (including phenoxy) is 1. The van der Waals surface area contributed by atoms with Crippen molar-refractivity contribution >= 4 is 27.6 Å². The Kier molecular flexibility index (Phi) is 7.72. The predicted octanol–water partition coefficient (Wildman–Crippen LogP) is 3.01. The normalized spacial score (nSPS) is 11.0. The Hall–Kier alpha value is -2.94. The van der Waals surface area contributed by atoms with Gasteiger partial charge in [-0.1, -0.05) is 18.2 Å². The monoisotopic (exact) mass is 422 g/mol. The molecule has 0 spiro atoms. The van der Waals surface area contributed by atoms with Crippen LogP contribution in [-0.4, -0.2) is 33.9 Å². The fraction of sp³-hybridized carbons (Fsp3) is 0.300. The Morgan fingerprint density at radius 3 is 2.52 bits per heavy atom. The molecule has 7 nitrogen and oxygen atoms in total. The molecule has 0 aliphatic heterocycles. The number of methoxy groups -OCH3 is 1. The van der Waals surface area contributed by atoms with Crippen LogP contribution in [0.4, 0.5) is 10.1 Å². The number of hydrogen-bond acceptors (Lipinski definition) is 5. The number of halogens is 1. The summed E-state index contributed by atoms with van der Waals surface area (Å²) in [6.45, 7) is 2.02. The second-order valence-electron chi connectivity index (χ2n) is 6.35. The van der Waals surface area contributed by atoms with E-state index in [1.807, 2.05) is 0 Å². The molecule has 0 aliphatic rings. The third kappa shape index (κ3) is 6.28. The van der Waals surface area contributed by atoms with Crippen molar-refractivity contribution in [3.05, 3.63) is 59.4 Å². The zero-order valence-corrected chi connectivity index (χ0v) is 17.0. The Morgan fingerprint density at radius 2 is 1.83 bits per heavy atom. The quantitative estimate of drug-likeness (QED) is 0.478. The first-order valence-electron chi connectivity index (χ1n) is 8.97. The number of esters is 1. The molecular formula is C20H23FN2O5S. The second kappa shape index (κ2) is 10.0. The predicted molar refractivity (Wildman–Crippen MR) is 107 cm³/mol. The van der Waals surface area contributed by atoms with Crippen molar-refractivity contribution in [2.45, 2.75) is 31.1 Å². The van der Waals surface area contributed by atoms with E-state index in [9.17, 15) is 22.4 Å². The molecule has 0 saturated carbocycles. The van der Waals surface area contributed by atoms with Gasteiger partial charge in [0.25, 0.3) is 15.9 Å². The number of nitrogens with one attached hydrogen (secondary N) is 2. The number of para-hydroxylation sites is 1. The van der Waals surface area contributed by atoms with Crippen LogP contribution < -0.4 is 10.0 Å². The van der Waals surface area contributed by atoms with E-state index in [-0.39, 0.29) is 28.5 Å². The third-order valence-corrected chi connectivity index (χ3v) is 5.57. The largest absolute Gasteiger partial charge is 0.469 e. The van der Waals surface area contributed by atoms with Crippen LogP contribution in [0.5, 0.6) is 0 Å². The van der Waals surface area contributed by atoms with Crippen LogP contribution in [0, 0.1) is 12.7 Å². The average Bonchev–Trinajstić information content (AvgIpc) is 2.69. The molecule has 0 radical (unpaired) electrons. The average molecular weight is 422 g/mol. The van der Waals surface area contributed by atoms with E-state index in [0.717, 1.165) is 6.07 Å². The first-order valence-corrected chi connectivity index (χ1v) is 10.5. The smallest absolute Gasteiger partial charge is 0.305 e. The van der Waals surface area contributed by atoms with Crippen molar-refractivity contribution in [1.82, 2.24) is 5.32 Å². The highest BCUT2D eigenvalue weighted by Gasteiger charge is 2.19. The molecule has 2 N–H and O–H groups in total. The van der Waals surface area contributed by atoms with Gasteiger partial charge in [0.2, 0.25) is 0 Å². The van der Waals surface area contributed by atoms with Gasteiger partial charge in [-0.25, -0.2) is 12.8 Å². The van der Waals surface area contributed by atoms with Crippen LogP contribution in [0.25, 0.3) is 0 Å². The lowest BCUT2D eigenvalue weighted by Gasteiger charge is -2.12. The van der Waals surface area contributed by atoms with Crippen LogP contribution >= 0.6 is 0 Å². The molecule has 9 heteroatoms. The maximum absolute atomic E-state index is 13.8. The van der Waals surface area contributed by atoms with Crippen molar-refractivity contribution in [2.24, 2.45) is 0 Å². The minimum atomic E-state index is -4.07. The Bertz CT molecular complexity index is 992. The summed E-state index contributed by atoms with van der Waals surface area (Å²) in [5, 5.41) is 2.70. The maximum atomic E-state index is 13.8. The summed E-state index contributed by atoms with van der Waals surface area (Å²) < 4.78 is 45.7. The van der Waals surface area contributed by atoms with Gasteiger partial charge >= 0.3 is 5.97 Å². The number of benzene rings is 2. The van der Waals surface area contributed by atoms with Crippen molar-refractivity contribution < 1.29 is 27.1 Å². The lowest BCUT2D eigenvalue weighted by atomic mass is 10.1. The highest BCUT2D eigenvalue weighted by atomic mass is 32.2. The summed E-state index contributed by atoms with van der Waals surface area (Å²) in [5.41, 5.74) is 0.626. The van der Waals surface area contributed by atoms with Gasteiger partial charge in [0.05, 0.1) is 17.7 Å². The first kappa shape index (κ1) is 22.4. The number of anilines is 1. The number of unbranched alkanes of at least 4 members (excludes halogenated alkanes) is 1. The van der Waals surface area contributed by atoms with Gasteiger partial charge in [0.1, 0.15) is 5.82 Å². The van der Waals surface area contributed by atoms with E-state index in [2.05, 4.69) is 14.8 Å². The summed E-state index contributed by atoms with van der Waals surface area (Å²) in [4.78, 5) is 23.3. The summed E-state index contributed by atoms with van der Waals surface area (Å²) in [6.07, 6.45) is 1.40. The highest BCUT2D eigenvalue weighted by molar-refractivity contribution is 7.92. The zero-order valence-electron chi connectivity index (χ0n) is 16.2. The molecule has 1 amide bonds. The van der Waals surface area contributed by atoms with E-state index >= 15 is 0 Å². The van der Waals surface area contributed by atoms with Gasteiger partial charge in [-0.2, -0.15) is 0 Å². The molecule has 156 valence electrons. The van der Waals surface area contributed by atoms with Crippen molar-refractivity contribution in [3.8, 4) is 0 Å². The van der Waals surface area contributed by atoms with Gasteiger partial charge in [-0.3, -0.25) is 14.3 Å². The number of amides is 1. The van der Waals surface area contributed by atoms with E-state index in [1.165, 1.54) is 43.5 Å². The molecule has 0 atom stereocenters. The first-order chi connectivity index (χ1) is 13.7. The lowest BCUT2D eigenvalue weighted by molar-refractivity contribution is -0.140. The fourth-order valence-electron chi connectivity index (χ4n) is 2.55. The van der Waals surface area contributed by atoms with Crippen molar-refractivity contribution in [1.29, 1.82) is 0 Å². The standard InChI is InChI=1S/C20H23FN2O5S/c1-14-10-11-15(29(26,27)23-18-8-4-3-7-17(18)21)13-16(14)20(25)22-12-6-5-9-19(24)28-2/h3-4,7-8,10-11,13,23H,5-6,9,12H2,1-2H3,(H,22,25). The van der Waals surface area contributed by atoms with Crippen LogP contribution in [-0.2, 0) is 19.6 Å². The van der Waals surface area contributed by atoms with Crippen LogP contribution in [0.1, 0.15) is 35.2 Å². The minimum Gasteiger partial charge on any atom is -0.469 e. The van der Waals surface area contributed by atoms with Gasteiger partial charge in [0, 0.05) is 18.5 Å². The summed E-state index contributed by atoms with van der Waals surface area (Å²) in [6, 6.07) is 9.53. The molecule has 29 heavy (non-hydrogen) atoms. The molecule has 0 bridgehead atoms. The number of carbonyl (C=O) groups excluding carboxylic acids is 2. The molecule has 0 aliphatic carbocycles. The molecule has 2 aromatic rings. The third-order valence-electron chi connectivity index (χ3n) is 4.20. The minimum absolute atomic E-state index is 0.151. The highest BCUT2D eigenvalue weighted by Crippen LogP contribution is 2.21. The number of rotatable bonds is 9. The van der Waals surface area contributed by atoms with Crippen molar-refractivity contribution in [3.63, 3.8) is 0 Å². The summed E-state index contributed by atoms with van der Waals surface area (Å²) in [7, 11) is -2.76. The van der Waals surface area contributed by atoms with Gasteiger partial charge in [-0.05, 0) is 49.6 Å². The van der Waals surface area contributed by atoms with Crippen LogP contribution in [0.2, 0.25) is 0 Å². The second-order valence-corrected chi connectivity index (χ2v) is 8.03. The SMILES string of the molecule is COC(=O)CCCCNC(=O)c1cc(S(=O)(=O)Nc2ccccc2F)ccc1C. The Labute approximate surface area is 169 Å². The fourth-order valence-corrected chi connectivity index (χ4v) is 3.65. The lowest BCUT2D eigenvalue weighted by Crippen LogP contribution is -2.26. The Morgan fingerprint density at radius 1 is 1.10 bits per heavy atom. The molecule has 0 unspecified atom stereocenters. The molecule has 0 aromatic heterocycles. The van der Waals surface area contributed by atoms with E-state index in [4.69, 9.17) is 0 Å². The summed E-state index contributed by atoms with van der Waals surface area (Å²) in [5.74, 6) is -1.44. The van der Waals surface area contributed by atoms with Crippen LogP contribution in [0.3, 0.4) is 0 Å². The molecule has 2 aromatic carbocycles.